The Bertz CT molecular complexity index is 262. The molecule has 2 atom stereocenters. The first-order chi connectivity index (χ1) is 7.27. The monoisotopic (exact) mass is 206 g/mol. The van der Waals surface area contributed by atoms with Crippen molar-refractivity contribution in [3.8, 4) is 0 Å². The van der Waals surface area contributed by atoms with Crippen LogP contribution in [-0.2, 0) is 20.7 Å². The summed E-state index contributed by atoms with van der Waals surface area (Å²) in [5, 5.41) is 0. The number of benzene rings is 1. The number of methoxy groups -OCH3 is 1. The normalized spacial score (nSPS) is 14.8. The zero-order chi connectivity index (χ0) is 11.1. The van der Waals surface area contributed by atoms with E-state index in [1.165, 1.54) is 7.11 Å². The average molecular weight is 206 g/mol. The van der Waals surface area contributed by atoms with Crippen molar-refractivity contribution in [1.29, 1.82) is 0 Å². The molecule has 0 spiro atoms. The van der Waals surface area contributed by atoms with Gasteiger partial charge in [0.05, 0.1) is 6.61 Å². The lowest BCUT2D eigenvalue weighted by Crippen LogP contribution is -2.30. The standard InChI is InChI=1S/C11H15BO3/c1-9(11(13-2)15-12)14-8-10-6-4-3-5-7-10/h3-7,9,11H,8H2,1-2H3. The molecular formula is C11H15BO3. The summed E-state index contributed by atoms with van der Waals surface area (Å²) in [6, 6.07) is 9.90. The van der Waals surface area contributed by atoms with Crippen LogP contribution in [0.3, 0.4) is 0 Å². The van der Waals surface area contributed by atoms with Crippen LogP contribution in [0.4, 0.5) is 0 Å². The van der Waals surface area contributed by atoms with E-state index in [-0.39, 0.29) is 6.10 Å². The Morgan fingerprint density at radius 3 is 2.47 bits per heavy atom. The van der Waals surface area contributed by atoms with Gasteiger partial charge >= 0.3 is 0 Å². The summed E-state index contributed by atoms with van der Waals surface area (Å²) in [7, 11) is 6.58. The Balaban J connectivity index is 2.36. The van der Waals surface area contributed by atoms with Gasteiger partial charge in [-0.15, -0.1) is 0 Å². The minimum absolute atomic E-state index is 0.208. The lowest BCUT2D eigenvalue weighted by molar-refractivity contribution is -0.144. The molecule has 15 heavy (non-hydrogen) atoms. The molecule has 0 aliphatic carbocycles. The quantitative estimate of drug-likeness (QED) is 0.523. The Kier molecular flexibility index (Phi) is 5.39. The van der Waals surface area contributed by atoms with E-state index >= 15 is 0 Å². The summed E-state index contributed by atoms with van der Waals surface area (Å²) in [5.41, 5.74) is 1.11. The summed E-state index contributed by atoms with van der Waals surface area (Å²) in [6.45, 7) is 2.37. The maximum Gasteiger partial charge on any atom is 0.286 e. The lowest BCUT2D eigenvalue weighted by Gasteiger charge is -2.21. The fraction of sp³-hybridized carbons (Fsp3) is 0.455. The Labute approximate surface area is 91.8 Å². The van der Waals surface area contributed by atoms with Gasteiger partial charge in [0.25, 0.3) is 8.05 Å². The molecule has 3 nitrogen and oxygen atoms in total. The van der Waals surface area contributed by atoms with Gasteiger partial charge in [-0.05, 0) is 12.5 Å². The van der Waals surface area contributed by atoms with Crippen LogP contribution in [-0.4, -0.2) is 27.6 Å². The van der Waals surface area contributed by atoms with E-state index in [9.17, 15) is 0 Å². The number of rotatable bonds is 6. The molecule has 0 fully saturated rings. The van der Waals surface area contributed by atoms with E-state index in [2.05, 4.69) is 4.65 Å². The number of hydrogen-bond donors (Lipinski definition) is 0. The first-order valence-corrected chi connectivity index (χ1v) is 4.81. The third kappa shape index (κ3) is 4.04. The minimum atomic E-state index is -0.534. The van der Waals surface area contributed by atoms with Crippen molar-refractivity contribution in [2.45, 2.75) is 25.9 Å². The molecule has 0 saturated carbocycles. The van der Waals surface area contributed by atoms with Crippen molar-refractivity contribution in [2.24, 2.45) is 0 Å². The molecule has 4 heteroatoms. The van der Waals surface area contributed by atoms with E-state index in [4.69, 9.17) is 17.5 Å². The molecule has 0 heterocycles. The maximum absolute atomic E-state index is 5.54. The molecule has 1 rings (SSSR count). The lowest BCUT2D eigenvalue weighted by atomic mass is 10.2. The first-order valence-electron chi connectivity index (χ1n) is 4.81. The second kappa shape index (κ2) is 6.61. The van der Waals surface area contributed by atoms with Crippen LogP contribution in [0.2, 0.25) is 0 Å². The predicted molar refractivity (Wildman–Crippen MR) is 58.3 cm³/mol. The van der Waals surface area contributed by atoms with Crippen LogP contribution in [0.15, 0.2) is 30.3 Å². The van der Waals surface area contributed by atoms with E-state index in [0.29, 0.717) is 6.61 Å². The fourth-order valence-corrected chi connectivity index (χ4v) is 1.24. The molecule has 0 amide bonds. The van der Waals surface area contributed by atoms with Crippen LogP contribution >= 0.6 is 0 Å². The molecule has 0 N–H and O–H groups in total. The minimum Gasteiger partial charge on any atom is -0.423 e. The predicted octanol–water partition coefficient (Wildman–Crippen LogP) is 1.66. The van der Waals surface area contributed by atoms with Gasteiger partial charge < -0.3 is 14.1 Å². The van der Waals surface area contributed by atoms with Crippen molar-refractivity contribution < 1.29 is 14.1 Å². The SMILES string of the molecule is [B]OC(OC)C(C)OCc1ccccc1. The number of ether oxygens (including phenoxy) is 2. The Morgan fingerprint density at radius 1 is 1.27 bits per heavy atom. The van der Waals surface area contributed by atoms with Crippen LogP contribution in [0.1, 0.15) is 12.5 Å². The third-order valence-corrected chi connectivity index (χ3v) is 2.11. The van der Waals surface area contributed by atoms with Gasteiger partial charge in [-0.2, -0.15) is 0 Å². The fourth-order valence-electron chi connectivity index (χ4n) is 1.24. The highest BCUT2D eigenvalue weighted by Gasteiger charge is 2.15. The van der Waals surface area contributed by atoms with E-state index in [1.54, 1.807) is 0 Å². The highest BCUT2D eigenvalue weighted by atomic mass is 16.7. The summed E-state index contributed by atoms with van der Waals surface area (Å²) in [6.07, 6.45) is -0.742. The van der Waals surface area contributed by atoms with Crippen molar-refractivity contribution >= 4 is 8.05 Å². The summed E-state index contributed by atoms with van der Waals surface area (Å²) < 4.78 is 15.1. The van der Waals surface area contributed by atoms with Gasteiger partial charge in [0, 0.05) is 7.11 Å². The summed E-state index contributed by atoms with van der Waals surface area (Å²) in [5.74, 6) is 0. The molecular weight excluding hydrogens is 191 g/mol. The van der Waals surface area contributed by atoms with Crippen LogP contribution in [0.25, 0.3) is 0 Å². The highest BCUT2D eigenvalue weighted by molar-refractivity contribution is 5.98. The van der Waals surface area contributed by atoms with Crippen molar-refractivity contribution in [3.63, 3.8) is 0 Å². The summed E-state index contributed by atoms with van der Waals surface area (Å²) in [4.78, 5) is 0. The van der Waals surface area contributed by atoms with Crippen molar-refractivity contribution in [3.05, 3.63) is 35.9 Å². The van der Waals surface area contributed by atoms with E-state index in [1.807, 2.05) is 37.3 Å². The van der Waals surface area contributed by atoms with Gasteiger partial charge in [0.15, 0.2) is 6.29 Å². The second-order valence-corrected chi connectivity index (χ2v) is 3.24. The van der Waals surface area contributed by atoms with Gasteiger partial charge in [-0.3, -0.25) is 0 Å². The number of hydrogen-bond acceptors (Lipinski definition) is 3. The molecule has 0 aliphatic rings. The molecule has 0 aliphatic heterocycles. The van der Waals surface area contributed by atoms with Crippen LogP contribution < -0.4 is 0 Å². The maximum atomic E-state index is 5.54. The molecule has 1 aromatic carbocycles. The van der Waals surface area contributed by atoms with E-state index in [0.717, 1.165) is 5.56 Å². The molecule has 2 radical (unpaired) electrons. The zero-order valence-electron chi connectivity index (χ0n) is 9.05. The van der Waals surface area contributed by atoms with Gasteiger partial charge in [0.2, 0.25) is 0 Å². The van der Waals surface area contributed by atoms with Gasteiger partial charge in [-0.25, -0.2) is 0 Å². The summed E-state index contributed by atoms with van der Waals surface area (Å²) >= 11 is 0. The smallest absolute Gasteiger partial charge is 0.286 e. The zero-order valence-corrected chi connectivity index (χ0v) is 9.05. The van der Waals surface area contributed by atoms with Crippen LogP contribution in [0, 0.1) is 0 Å². The van der Waals surface area contributed by atoms with Crippen molar-refractivity contribution in [1.82, 2.24) is 0 Å². The molecule has 0 aromatic heterocycles. The third-order valence-electron chi connectivity index (χ3n) is 2.11. The van der Waals surface area contributed by atoms with Crippen molar-refractivity contribution in [2.75, 3.05) is 7.11 Å². The average Bonchev–Trinajstić information content (AvgIpc) is 2.29. The molecule has 80 valence electrons. The molecule has 2 unspecified atom stereocenters. The Morgan fingerprint density at radius 2 is 1.93 bits per heavy atom. The molecule has 1 aromatic rings. The topological polar surface area (TPSA) is 27.7 Å². The Hall–Kier alpha value is -0.835. The second-order valence-electron chi connectivity index (χ2n) is 3.24. The molecule has 0 bridgehead atoms. The first kappa shape index (κ1) is 12.2. The van der Waals surface area contributed by atoms with Crippen LogP contribution in [0.5, 0.6) is 0 Å². The molecule has 0 saturated heterocycles. The van der Waals surface area contributed by atoms with E-state index < -0.39 is 6.29 Å². The van der Waals surface area contributed by atoms with Gasteiger partial charge in [-0.1, -0.05) is 30.3 Å². The largest absolute Gasteiger partial charge is 0.423 e. The highest BCUT2D eigenvalue weighted by Crippen LogP contribution is 2.07. The van der Waals surface area contributed by atoms with Gasteiger partial charge in [0.1, 0.15) is 6.10 Å².